The van der Waals surface area contributed by atoms with Gasteiger partial charge in [-0.3, -0.25) is 14.4 Å². The van der Waals surface area contributed by atoms with E-state index in [1.54, 1.807) is 0 Å². The van der Waals surface area contributed by atoms with Crippen LogP contribution < -0.4 is 10.6 Å². The molecule has 1 aromatic rings. The second-order valence-electron chi connectivity index (χ2n) is 5.75. The van der Waals surface area contributed by atoms with Gasteiger partial charge in [-0.2, -0.15) is 0 Å². The molecule has 1 atom stereocenters. The zero-order valence-electron chi connectivity index (χ0n) is 13.4. The molecule has 3 N–H and O–H groups in total. The molecule has 126 valence electrons. The fraction of sp³-hybridized carbons (Fsp3) is 0.438. The molecule has 0 radical (unpaired) electrons. The van der Waals surface area contributed by atoms with E-state index in [1.165, 1.54) is 19.1 Å². The molecular formula is C16H21FN2O4. The van der Waals surface area contributed by atoms with Gasteiger partial charge >= 0.3 is 5.97 Å². The van der Waals surface area contributed by atoms with E-state index in [0.29, 0.717) is 12.1 Å². The molecule has 23 heavy (non-hydrogen) atoms. The number of carboxylic acids is 1. The lowest BCUT2D eigenvalue weighted by Crippen LogP contribution is -2.34. The Morgan fingerprint density at radius 3 is 2.43 bits per heavy atom. The fourth-order valence-electron chi connectivity index (χ4n) is 2.13. The molecule has 0 aliphatic carbocycles. The first-order valence-electron chi connectivity index (χ1n) is 7.28. The van der Waals surface area contributed by atoms with E-state index >= 15 is 0 Å². The van der Waals surface area contributed by atoms with Gasteiger partial charge in [-0.1, -0.05) is 13.8 Å². The van der Waals surface area contributed by atoms with Crippen molar-refractivity contribution in [3.8, 4) is 0 Å². The van der Waals surface area contributed by atoms with Gasteiger partial charge in [0.15, 0.2) is 0 Å². The number of benzene rings is 1. The summed E-state index contributed by atoms with van der Waals surface area (Å²) in [7, 11) is 0. The van der Waals surface area contributed by atoms with Gasteiger partial charge in [0, 0.05) is 19.2 Å². The van der Waals surface area contributed by atoms with Crippen LogP contribution in [0.3, 0.4) is 0 Å². The van der Waals surface area contributed by atoms with Crippen LogP contribution >= 0.6 is 0 Å². The van der Waals surface area contributed by atoms with E-state index in [4.69, 9.17) is 5.11 Å². The molecule has 0 aromatic heterocycles. The number of hydrogen-bond donors (Lipinski definition) is 3. The van der Waals surface area contributed by atoms with Crippen molar-refractivity contribution in [3.05, 3.63) is 29.6 Å². The summed E-state index contributed by atoms with van der Waals surface area (Å²) in [5, 5.41) is 14.0. The van der Waals surface area contributed by atoms with Gasteiger partial charge in [0.2, 0.25) is 5.91 Å². The highest BCUT2D eigenvalue weighted by Gasteiger charge is 2.21. The third-order valence-corrected chi connectivity index (χ3v) is 3.15. The van der Waals surface area contributed by atoms with E-state index in [-0.39, 0.29) is 23.9 Å². The molecule has 0 saturated heterocycles. The van der Waals surface area contributed by atoms with Crippen molar-refractivity contribution in [1.82, 2.24) is 5.32 Å². The lowest BCUT2D eigenvalue weighted by molar-refractivity contribution is -0.142. The maximum Gasteiger partial charge on any atom is 0.308 e. The molecule has 1 aromatic carbocycles. The molecule has 0 bridgehead atoms. The summed E-state index contributed by atoms with van der Waals surface area (Å²) in [6, 6.07) is 3.62. The molecule has 1 rings (SSSR count). The third kappa shape index (κ3) is 6.06. The predicted molar refractivity (Wildman–Crippen MR) is 83.6 cm³/mol. The third-order valence-electron chi connectivity index (χ3n) is 3.15. The Morgan fingerprint density at radius 2 is 1.91 bits per heavy atom. The zero-order valence-corrected chi connectivity index (χ0v) is 13.4. The molecule has 2 amide bonds. The number of anilines is 1. The highest BCUT2D eigenvalue weighted by Crippen LogP contribution is 2.16. The van der Waals surface area contributed by atoms with Gasteiger partial charge in [0.1, 0.15) is 5.82 Å². The Hall–Kier alpha value is -2.44. The van der Waals surface area contributed by atoms with Crippen molar-refractivity contribution in [3.63, 3.8) is 0 Å². The molecule has 0 saturated carbocycles. The van der Waals surface area contributed by atoms with E-state index < -0.39 is 23.6 Å². The number of rotatable bonds is 7. The molecule has 0 aliphatic rings. The lowest BCUT2D eigenvalue weighted by Gasteiger charge is -2.15. The van der Waals surface area contributed by atoms with Gasteiger partial charge < -0.3 is 15.7 Å². The van der Waals surface area contributed by atoms with Crippen LogP contribution in [0.1, 0.15) is 37.6 Å². The number of nitrogens with one attached hydrogen (secondary N) is 2. The fourth-order valence-corrected chi connectivity index (χ4v) is 2.13. The van der Waals surface area contributed by atoms with Crippen molar-refractivity contribution in [1.29, 1.82) is 0 Å². The van der Waals surface area contributed by atoms with Crippen LogP contribution in [0.2, 0.25) is 0 Å². The number of carbonyl (C=O) groups excluding carboxylic acids is 2. The van der Waals surface area contributed by atoms with Gasteiger partial charge in [-0.15, -0.1) is 0 Å². The minimum absolute atomic E-state index is 0.0872. The largest absolute Gasteiger partial charge is 0.481 e. The molecule has 7 heteroatoms. The van der Waals surface area contributed by atoms with Crippen LogP contribution in [0.15, 0.2) is 18.2 Å². The van der Waals surface area contributed by atoms with E-state index in [9.17, 15) is 18.8 Å². The number of amides is 2. The van der Waals surface area contributed by atoms with Crippen LogP contribution in [0.4, 0.5) is 10.1 Å². The van der Waals surface area contributed by atoms with Crippen LogP contribution in [-0.2, 0) is 9.59 Å². The van der Waals surface area contributed by atoms with Crippen LogP contribution in [0, 0.1) is 17.7 Å². The van der Waals surface area contributed by atoms with Crippen molar-refractivity contribution < 1.29 is 23.9 Å². The molecule has 6 nitrogen and oxygen atoms in total. The molecule has 0 heterocycles. The first kappa shape index (κ1) is 18.6. The molecular weight excluding hydrogens is 303 g/mol. The predicted octanol–water partition coefficient (Wildman–Crippen LogP) is 2.26. The van der Waals surface area contributed by atoms with Gasteiger partial charge in [0.25, 0.3) is 5.91 Å². The Balaban J connectivity index is 2.80. The summed E-state index contributed by atoms with van der Waals surface area (Å²) in [4.78, 5) is 34.2. The summed E-state index contributed by atoms with van der Waals surface area (Å²) in [6.45, 7) is 4.98. The van der Waals surface area contributed by atoms with E-state index in [1.807, 2.05) is 13.8 Å². The van der Waals surface area contributed by atoms with Crippen molar-refractivity contribution in [2.45, 2.75) is 27.2 Å². The number of carbonyl (C=O) groups is 3. The van der Waals surface area contributed by atoms with Gasteiger partial charge in [-0.25, -0.2) is 4.39 Å². The summed E-state index contributed by atoms with van der Waals surface area (Å²) in [5.41, 5.74) is 0.0472. The number of halogens is 1. The highest BCUT2D eigenvalue weighted by atomic mass is 19.1. The maximum atomic E-state index is 13.8. The quantitative estimate of drug-likeness (QED) is 0.717. The van der Waals surface area contributed by atoms with Crippen molar-refractivity contribution in [2.24, 2.45) is 11.8 Å². The van der Waals surface area contributed by atoms with Crippen molar-refractivity contribution >= 4 is 23.5 Å². The second-order valence-corrected chi connectivity index (χ2v) is 5.75. The average Bonchev–Trinajstić information content (AvgIpc) is 2.44. The SMILES string of the molecule is CC(=O)Nc1ccc(F)c(C(=O)NCC(CC(C)C)C(=O)O)c1. The monoisotopic (exact) mass is 324 g/mol. The second kappa shape index (κ2) is 8.26. The summed E-state index contributed by atoms with van der Waals surface area (Å²) >= 11 is 0. The smallest absolute Gasteiger partial charge is 0.308 e. The summed E-state index contributed by atoms with van der Waals surface area (Å²) in [5.74, 6) is -3.39. The maximum absolute atomic E-state index is 13.8. The average molecular weight is 324 g/mol. The summed E-state index contributed by atoms with van der Waals surface area (Å²) in [6.07, 6.45) is 0.407. The Morgan fingerprint density at radius 1 is 1.26 bits per heavy atom. The lowest BCUT2D eigenvalue weighted by atomic mass is 9.97. The number of carboxylic acid groups (broad SMARTS) is 1. The van der Waals surface area contributed by atoms with Crippen LogP contribution in [0.25, 0.3) is 0 Å². The van der Waals surface area contributed by atoms with Crippen molar-refractivity contribution in [2.75, 3.05) is 11.9 Å². The van der Waals surface area contributed by atoms with E-state index in [2.05, 4.69) is 10.6 Å². The van der Waals surface area contributed by atoms with Crippen LogP contribution in [0.5, 0.6) is 0 Å². The molecule has 0 fully saturated rings. The zero-order chi connectivity index (χ0) is 17.6. The Kier molecular flexibility index (Phi) is 6.68. The normalized spacial score (nSPS) is 11.9. The number of hydrogen-bond acceptors (Lipinski definition) is 3. The Labute approximate surface area is 134 Å². The molecule has 0 spiro atoms. The van der Waals surface area contributed by atoms with Gasteiger partial charge in [-0.05, 0) is 30.5 Å². The number of aliphatic carboxylic acids is 1. The molecule has 0 aliphatic heterocycles. The topological polar surface area (TPSA) is 95.5 Å². The first-order chi connectivity index (χ1) is 10.7. The minimum atomic E-state index is -1.01. The van der Waals surface area contributed by atoms with Gasteiger partial charge in [0.05, 0.1) is 11.5 Å². The van der Waals surface area contributed by atoms with Crippen LogP contribution in [-0.4, -0.2) is 29.4 Å². The summed E-state index contributed by atoms with van der Waals surface area (Å²) < 4.78 is 13.8. The Bertz CT molecular complexity index is 602. The minimum Gasteiger partial charge on any atom is -0.481 e. The standard InChI is InChI=1S/C16H21FN2O4/c1-9(2)6-11(16(22)23)8-18-15(21)13-7-12(19-10(3)20)4-5-14(13)17/h4-5,7,9,11H,6,8H2,1-3H3,(H,18,21)(H,19,20)(H,22,23). The molecule has 1 unspecified atom stereocenters. The highest BCUT2D eigenvalue weighted by molar-refractivity contribution is 5.97. The van der Waals surface area contributed by atoms with E-state index in [0.717, 1.165) is 6.07 Å². The first-order valence-corrected chi connectivity index (χ1v) is 7.28.